The molecule has 1 aromatic heterocycles. The molecule has 0 radical (unpaired) electrons. The van der Waals surface area contributed by atoms with Crippen LogP contribution in [-0.4, -0.2) is 17.8 Å². The molecule has 5 aromatic rings. The first kappa shape index (κ1) is 50.3. The van der Waals surface area contributed by atoms with Crippen LogP contribution in [0.2, 0.25) is 18.1 Å². The number of fused-ring (bicyclic) bond motifs is 2. The van der Waals surface area contributed by atoms with Crippen LogP contribution < -0.4 is 9.41 Å². The molecule has 0 unspecified atom stereocenters. The standard InChI is InChI=1S/C26H34Br2O2Si.C12H17N.C10H12.C6H8N.Mo/c1-26(2,3)31(4,5)30-25-21(28)15-17-11-7-9-13-19(17)23(25)22-18-12-8-6-10-16(18)14-20(27)24(22)29;1-8(2)10-6-5-7-11(9(3)4)12(10)13;1-10(2,3)9-7-5-4-6-8-9;1-5-3-4-6(2)7-5;/h14-15,29H,6-13H2,1-5H3;5-9H,1-4H3;1,4-8H,2-3H3;3-4H,1-2H3;/q;;;-1;. The van der Waals surface area contributed by atoms with Crippen molar-refractivity contribution in [2.45, 2.75) is 163 Å². The van der Waals surface area contributed by atoms with Gasteiger partial charge in [0.15, 0.2) is 0 Å². The van der Waals surface area contributed by atoms with Crippen molar-refractivity contribution < 1.29 is 27.5 Å². The minimum atomic E-state index is -2.08. The normalized spacial score (nSPS) is 13.9. The van der Waals surface area contributed by atoms with Gasteiger partial charge >= 0.3 is 156 Å². The van der Waals surface area contributed by atoms with Crippen LogP contribution in [0.25, 0.3) is 11.1 Å². The number of rotatable bonds is 8. The Kier molecular flexibility index (Phi) is 17.5. The van der Waals surface area contributed by atoms with E-state index in [9.17, 15) is 5.11 Å². The molecule has 0 bridgehead atoms. The summed E-state index contributed by atoms with van der Waals surface area (Å²) in [6.07, 6.45) is 9.05. The van der Waals surface area contributed by atoms with E-state index < -0.39 is 26.2 Å². The molecule has 1 heterocycles. The molecule has 0 fully saturated rings. The Labute approximate surface area is 400 Å². The molecule has 2 aliphatic rings. The number of hydrogen-bond donors (Lipinski definition) is 1. The second-order valence-corrected chi connectivity index (χ2v) is 27.9. The molecule has 1 N–H and O–H groups in total. The van der Waals surface area contributed by atoms with E-state index in [2.05, 4.69) is 177 Å². The summed E-state index contributed by atoms with van der Waals surface area (Å²) < 4.78 is 16.4. The van der Waals surface area contributed by atoms with E-state index in [0.29, 0.717) is 17.6 Å². The summed E-state index contributed by atoms with van der Waals surface area (Å²) >= 11 is 6.99. The molecular weight excluding hydrogens is 992 g/mol. The van der Waals surface area contributed by atoms with Crippen molar-refractivity contribution in [3.8, 4) is 22.6 Å². The third kappa shape index (κ3) is 12.3. The predicted molar refractivity (Wildman–Crippen MR) is 272 cm³/mol. The SMILES string of the molecule is CC(C)(C)[Si](C)(C)Oc1c(Br)cc2c(c1-c1c(O)c(Br)cc3c1CCCC3)CCCC2.CC(C)c1cccc(C(C)C)c1[N]=[Mo]=[CH]C(C)(C)c1ccccc1.Cc1ccc(C)[n-]1. The number of hydrogen-bond acceptors (Lipinski definition) is 3. The van der Waals surface area contributed by atoms with Gasteiger partial charge in [-0.3, -0.25) is 0 Å². The van der Waals surface area contributed by atoms with E-state index >= 15 is 0 Å². The smallest absolute Gasteiger partial charge is 0.0607 e. The fraction of sp³-hybridized carbons (Fsp3) is 0.463. The monoisotopic (exact) mass is 1060 g/mol. The van der Waals surface area contributed by atoms with Crippen LogP contribution in [0.1, 0.15) is 150 Å². The van der Waals surface area contributed by atoms with Crippen molar-refractivity contribution in [1.29, 1.82) is 0 Å². The van der Waals surface area contributed by atoms with Crippen molar-refractivity contribution in [3.05, 3.63) is 132 Å². The summed E-state index contributed by atoms with van der Waals surface area (Å²) in [4.78, 5) is 4.11. The van der Waals surface area contributed by atoms with Gasteiger partial charge in [-0.1, -0.05) is 46.8 Å². The molecule has 0 aliphatic heterocycles. The summed E-state index contributed by atoms with van der Waals surface area (Å²) in [6.45, 7) is 29.1. The Morgan fingerprint density at radius 1 is 0.710 bits per heavy atom. The van der Waals surface area contributed by atoms with Gasteiger partial charge in [0.25, 0.3) is 8.32 Å². The van der Waals surface area contributed by atoms with Gasteiger partial charge in [0, 0.05) is 11.1 Å². The van der Waals surface area contributed by atoms with Crippen molar-refractivity contribution in [2.75, 3.05) is 0 Å². The van der Waals surface area contributed by atoms with E-state index in [1.54, 1.807) is 0 Å². The summed E-state index contributed by atoms with van der Waals surface area (Å²) in [6, 6.07) is 25.8. The maximum absolute atomic E-state index is 11.4. The van der Waals surface area contributed by atoms with Gasteiger partial charge < -0.3 is 14.5 Å². The third-order valence-corrected chi connectivity index (χ3v) is 20.8. The molecule has 4 nitrogen and oxygen atoms in total. The molecule has 0 atom stereocenters. The average molecular weight is 1060 g/mol. The van der Waals surface area contributed by atoms with Gasteiger partial charge in [0.05, 0.1) is 8.95 Å². The van der Waals surface area contributed by atoms with Crippen molar-refractivity contribution in [3.63, 3.8) is 0 Å². The topological polar surface area (TPSA) is 55.9 Å². The molecule has 2 aliphatic carbocycles. The fourth-order valence-electron chi connectivity index (χ4n) is 8.11. The van der Waals surface area contributed by atoms with E-state index in [-0.39, 0.29) is 10.5 Å². The molecular formula is C54H71Br2MoN2O2Si-. The predicted octanol–water partition coefficient (Wildman–Crippen LogP) is 16.6. The number of aryl methyl sites for hydroxylation is 4. The first-order valence-electron chi connectivity index (χ1n) is 22.7. The molecule has 8 heteroatoms. The molecule has 0 spiro atoms. The number of phenols is 1. The largest absolute Gasteiger partial charge is 0.665 e. The molecule has 62 heavy (non-hydrogen) atoms. The Morgan fingerprint density at radius 2 is 1.21 bits per heavy atom. The Hall–Kier alpha value is -2.70. The van der Waals surface area contributed by atoms with Crippen LogP contribution >= 0.6 is 31.9 Å². The van der Waals surface area contributed by atoms with Gasteiger partial charge in [-0.15, -0.1) is 0 Å². The number of phenolic OH excluding ortho intramolecular Hbond substituents is 1. The maximum Gasteiger partial charge on any atom is -0.0607 e. The summed E-state index contributed by atoms with van der Waals surface area (Å²) in [5.41, 5.74) is 15.3. The molecule has 4 aromatic carbocycles. The van der Waals surface area contributed by atoms with Crippen LogP contribution in [-0.2, 0) is 49.0 Å². The third-order valence-electron chi connectivity index (χ3n) is 12.8. The van der Waals surface area contributed by atoms with Crippen LogP contribution in [0.3, 0.4) is 0 Å². The minimum Gasteiger partial charge on any atom is -0.665 e. The summed E-state index contributed by atoms with van der Waals surface area (Å²) in [5, 5.41) is 11.5. The Balaban J connectivity index is 0.000000207. The van der Waals surface area contributed by atoms with Gasteiger partial charge in [0.2, 0.25) is 0 Å². The molecule has 7 rings (SSSR count). The van der Waals surface area contributed by atoms with Gasteiger partial charge in [-0.2, -0.15) is 11.4 Å². The molecule has 0 saturated heterocycles. The van der Waals surface area contributed by atoms with E-state index in [4.69, 9.17) is 7.92 Å². The Morgan fingerprint density at radius 3 is 1.69 bits per heavy atom. The quantitative estimate of drug-likeness (QED) is 0.158. The number of halogens is 2. The molecule has 334 valence electrons. The van der Waals surface area contributed by atoms with Crippen LogP contribution in [0.5, 0.6) is 11.5 Å². The molecule has 0 saturated carbocycles. The maximum atomic E-state index is 11.4. The minimum absolute atomic E-state index is 0.0811. The van der Waals surface area contributed by atoms with Gasteiger partial charge in [-0.25, -0.2) is 0 Å². The fourth-order valence-corrected chi connectivity index (χ4v) is 12.2. The van der Waals surface area contributed by atoms with Gasteiger partial charge in [0.1, 0.15) is 11.5 Å². The second kappa shape index (κ2) is 21.5. The van der Waals surface area contributed by atoms with Crippen molar-refractivity contribution in [2.24, 2.45) is 3.50 Å². The second-order valence-electron chi connectivity index (χ2n) is 19.9. The first-order valence-corrected chi connectivity index (χ1v) is 29.2. The zero-order valence-electron chi connectivity index (χ0n) is 39.7. The average Bonchev–Trinajstić information content (AvgIpc) is 3.60. The van der Waals surface area contributed by atoms with Crippen LogP contribution in [0.15, 0.2) is 85.2 Å². The van der Waals surface area contributed by atoms with E-state index in [1.807, 2.05) is 26.0 Å². The number of aromatic hydroxyl groups is 1. The first-order chi connectivity index (χ1) is 29.1. The Bertz CT molecular complexity index is 2340. The molecule has 0 amide bonds. The van der Waals surface area contributed by atoms with Crippen molar-refractivity contribution in [1.82, 2.24) is 4.98 Å². The number of nitrogens with zero attached hydrogens (tertiary/aromatic N) is 2. The summed E-state index contributed by atoms with van der Waals surface area (Å²) in [5.74, 6) is 2.33. The van der Waals surface area contributed by atoms with Crippen molar-refractivity contribution >= 4 is 50.3 Å². The number of aromatic nitrogens is 1. The number of benzene rings is 4. The van der Waals surface area contributed by atoms with E-state index in [0.717, 1.165) is 62.9 Å². The van der Waals surface area contributed by atoms with E-state index in [1.165, 1.54) is 70.3 Å². The summed E-state index contributed by atoms with van der Waals surface area (Å²) in [7, 11) is -2.08. The van der Waals surface area contributed by atoms with Gasteiger partial charge in [-0.05, 0) is 136 Å². The van der Waals surface area contributed by atoms with Crippen LogP contribution in [0.4, 0.5) is 5.69 Å². The zero-order valence-corrected chi connectivity index (χ0v) is 45.9. The van der Waals surface area contributed by atoms with Crippen LogP contribution in [0, 0.1) is 13.8 Å². The zero-order chi connectivity index (χ0) is 45.6.